The topological polar surface area (TPSA) is 118 Å². The summed E-state index contributed by atoms with van der Waals surface area (Å²) in [5.41, 5.74) is 6.87. The summed E-state index contributed by atoms with van der Waals surface area (Å²) in [5.74, 6) is -0.842. The van der Waals surface area contributed by atoms with E-state index < -0.39 is 20.6 Å². The summed E-state index contributed by atoms with van der Waals surface area (Å²) in [4.78, 5) is 23.6. The minimum atomic E-state index is -3.27. The van der Waals surface area contributed by atoms with E-state index in [1.165, 1.54) is 0 Å². The molecule has 0 unspecified atom stereocenters. The summed E-state index contributed by atoms with van der Waals surface area (Å²) in [5, 5.41) is 5.13. The van der Waals surface area contributed by atoms with E-state index in [4.69, 9.17) is 5.73 Å². The van der Waals surface area contributed by atoms with Crippen molar-refractivity contribution < 1.29 is 18.0 Å². The summed E-state index contributed by atoms with van der Waals surface area (Å²) < 4.78 is 23.6. The molecule has 0 aliphatic carbocycles. The summed E-state index contributed by atoms with van der Waals surface area (Å²) >= 11 is 0. The van der Waals surface area contributed by atoms with Crippen LogP contribution in [0.4, 0.5) is 5.69 Å². The second-order valence-corrected chi connectivity index (χ2v) is 10.3. The average Bonchev–Trinajstić information content (AvgIpc) is 2.52. The average molecular weight is 420 g/mol. The molecule has 2 amide bonds. The van der Waals surface area contributed by atoms with Crippen LogP contribution in [0, 0.1) is 5.92 Å². The number of hydrogen-bond acceptors (Lipinski definition) is 5. The number of carbonyl (C=O) groups excluding carboxylic acids is 2. The van der Waals surface area contributed by atoms with Crippen LogP contribution in [0.3, 0.4) is 0 Å². The van der Waals surface area contributed by atoms with Crippen molar-refractivity contribution in [3.8, 4) is 0 Å². The second kappa shape index (κ2) is 10.1. The normalized spacial score (nSPS) is 12.9. The van der Waals surface area contributed by atoms with Crippen LogP contribution in [0.5, 0.6) is 0 Å². The lowest BCUT2D eigenvalue weighted by molar-refractivity contribution is -0.125. The molecule has 0 spiro atoms. The molecule has 0 aliphatic rings. The van der Waals surface area contributed by atoms with Gasteiger partial charge in [0.25, 0.3) is 0 Å². The number of carbonyl (C=O) groups is 2. The molecular formula is C18H30ClN3O4S. The molecule has 9 heteroatoms. The second-order valence-electron chi connectivity index (χ2n) is 7.60. The fraction of sp³-hybridized carbons (Fsp3) is 0.556. The van der Waals surface area contributed by atoms with Crippen molar-refractivity contribution in [1.29, 1.82) is 0 Å². The van der Waals surface area contributed by atoms with Crippen LogP contribution in [0.2, 0.25) is 0 Å². The van der Waals surface area contributed by atoms with E-state index >= 15 is 0 Å². The van der Waals surface area contributed by atoms with E-state index in [1.54, 1.807) is 45.0 Å². The van der Waals surface area contributed by atoms with Gasteiger partial charge in [0.1, 0.15) is 0 Å². The van der Waals surface area contributed by atoms with Gasteiger partial charge < -0.3 is 16.4 Å². The third kappa shape index (κ3) is 7.86. The van der Waals surface area contributed by atoms with Gasteiger partial charge in [-0.2, -0.15) is 0 Å². The fourth-order valence-corrected chi connectivity index (χ4v) is 2.98. The standard InChI is InChI=1S/C18H29N3O4S.ClH/c1-12(2)16(19)17(23)20-10-15(22)21-14-8-6-13(7-9-14)11-26(24,25)18(3,4)5;/h6-9,12,16H,10-11,19H2,1-5H3,(H,20,23)(H,21,22);1H/t16-;/m0./s1. The molecule has 0 aliphatic heterocycles. The van der Waals surface area contributed by atoms with Gasteiger partial charge in [-0.1, -0.05) is 26.0 Å². The minimum Gasteiger partial charge on any atom is -0.346 e. The van der Waals surface area contributed by atoms with Crippen LogP contribution in [0.25, 0.3) is 0 Å². The van der Waals surface area contributed by atoms with Gasteiger partial charge in [0, 0.05) is 5.69 Å². The van der Waals surface area contributed by atoms with Crippen LogP contribution < -0.4 is 16.4 Å². The van der Waals surface area contributed by atoms with E-state index in [9.17, 15) is 18.0 Å². The van der Waals surface area contributed by atoms with E-state index in [1.807, 2.05) is 13.8 Å². The van der Waals surface area contributed by atoms with Crippen molar-refractivity contribution in [3.05, 3.63) is 29.8 Å². The maximum absolute atomic E-state index is 12.2. The molecular weight excluding hydrogens is 390 g/mol. The highest BCUT2D eigenvalue weighted by Crippen LogP contribution is 2.21. The maximum atomic E-state index is 12.2. The quantitative estimate of drug-likeness (QED) is 0.623. The Morgan fingerprint density at radius 1 is 1.11 bits per heavy atom. The van der Waals surface area contributed by atoms with Gasteiger partial charge in [-0.25, -0.2) is 8.42 Å². The predicted octanol–water partition coefficient (Wildman–Crippen LogP) is 1.86. The number of amides is 2. The first-order valence-corrected chi connectivity index (χ1v) is 10.1. The molecule has 1 atom stereocenters. The molecule has 1 rings (SSSR count). The fourth-order valence-electron chi connectivity index (χ4n) is 1.91. The van der Waals surface area contributed by atoms with Gasteiger partial charge in [-0.15, -0.1) is 12.4 Å². The first-order valence-electron chi connectivity index (χ1n) is 8.48. The Morgan fingerprint density at radius 3 is 2.07 bits per heavy atom. The third-order valence-corrected chi connectivity index (χ3v) is 6.55. The molecule has 0 bridgehead atoms. The SMILES string of the molecule is CC(C)[C@H](N)C(=O)NCC(=O)Nc1ccc(CS(=O)(=O)C(C)(C)C)cc1.Cl. The molecule has 0 saturated heterocycles. The Labute approximate surface area is 167 Å². The van der Waals surface area contributed by atoms with E-state index in [0.717, 1.165) is 0 Å². The van der Waals surface area contributed by atoms with Gasteiger partial charge in [0.05, 0.1) is 23.1 Å². The van der Waals surface area contributed by atoms with E-state index in [0.29, 0.717) is 11.3 Å². The summed E-state index contributed by atoms with van der Waals surface area (Å²) in [7, 11) is -3.27. The number of nitrogens with one attached hydrogen (secondary N) is 2. The Hall–Kier alpha value is -1.64. The molecule has 0 saturated carbocycles. The Bertz CT molecular complexity index is 741. The van der Waals surface area contributed by atoms with Gasteiger partial charge in [-0.3, -0.25) is 9.59 Å². The van der Waals surface area contributed by atoms with Crippen LogP contribution in [-0.4, -0.2) is 37.6 Å². The lowest BCUT2D eigenvalue weighted by Crippen LogP contribution is -2.46. The van der Waals surface area contributed by atoms with Crippen LogP contribution in [-0.2, 0) is 25.2 Å². The molecule has 27 heavy (non-hydrogen) atoms. The van der Waals surface area contributed by atoms with Crippen molar-refractivity contribution in [2.75, 3.05) is 11.9 Å². The van der Waals surface area contributed by atoms with Crippen molar-refractivity contribution >= 4 is 39.7 Å². The Balaban J connectivity index is 0.00000676. The number of nitrogens with two attached hydrogens (primary N) is 1. The van der Waals surface area contributed by atoms with Crippen molar-refractivity contribution in [2.24, 2.45) is 11.7 Å². The zero-order valence-corrected chi connectivity index (χ0v) is 18.0. The third-order valence-electron chi connectivity index (χ3n) is 3.97. The smallest absolute Gasteiger partial charge is 0.243 e. The van der Waals surface area contributed by atoms with Crippen molar-refractivity contribution in [2.45, 2.75) is 51.2 Å². The predicted molar refractivity (Wildman–Crippen MR) is 111 cm³/mol. The molecule has 1 aromatic carbocycles. The van der Waals surface area contributed by atoms with Gasteiger partial charge >= 0.3 is 0 Å². The summed E-state index contributed by atoms with van der Waals surface area (Å²) in [6.45, 7) is 8.46. The highest BCUT2D eigenvalue weighted by Gasteiger charge is 2.28. The van der Waals surface area contributed by atoms with Crippen LogP contribution in [0.1, 0.15) is 40.2 Å². The lowest BCUT2D eigenvalue weighted by atomic mass is 10.1. The number of sulfone groups is 1. The van der Waals surface area contributed by atoms with Gasteiger partial charge in [-0.05, 0) is 44.4 Å². The molecule has 154 valence electrons. The number of benzene rings is 1. The molecule has 0 radical (unpaired) electrons. The molecule has 1 aromatic rings. The van der Waals surface area contributed by atoms with E-state index in [2.05, 4.69) is 10.6 Å². The molecule has 0 aromatic heterocycles. The molecule has 0 fully saturated rings. The first kappa shape index (κ1) is 25.4. The maximum Gasteiger partial charge on any atom is 0.243 e. The monoisotopic (exact) mass is 419 g/mol. The van der Waals surface area contributed by atoms with Crippen molar-refractivity contribution in [1.82, 2.24) is 5.32 Å². The number of anilines is 1. The molecule has 7 nitrogen and oxygen atoms in total. The van der Waals surface area contributed by atoms with Crippen molar-refractivity contribution in [3.63, 3.8) is 0 Å². The highest BCUT2D eigenvalue weighted by atomic mass is 35.5. The lowest BCUT2D eigenvalue weighted by Gasteiger charge is -2.19. The van der Waals surface area contributed by atoms with Gasteiger partial charge in [0.15, 0.2) is 9.84 Å². The Kier molecular flexibility index (Phi) is 9.44. The minimum absolute atomic E-state index is 0. The van der Waals surface area contributed by atoms with E-state index in [-0.39, 0.29) is 42.4 Å². The largest absolute Gasteiger partial charge is 0.346 e. The zero-order chi connectivity index (χ0) is 20.1. The van der Waals surface area contributed by atoms with Crippen LogP contribution >= 0.6 is 12.4 Å². The highest BCUT2D eigenvalue weighted by molar-refractivity contribution is 7.91. The van der Waals surface area contributed by atoms with Crippen LogP contribution in [0.15, 0.2) is 24.3 Å². The summed E-state index contributed by atoms with van der Waals surface area (Å²) in [6, 6.07) is 5.92. The number of halogens is 1. The van der Waals surface area contributed by atoms with Gasteiger partial charge in [0.2, 0.25) is 11.8 Å². The summed E-state index contributed by atoms with van der Waals surface area (Å²) in [6.07, 6.45) is 0. The zero-order valence-electron chi connectivity index (χ0n) is 16.4. The Morgan fingerprint density at radius 2 is 1.63 bits per heavy atom. The number of hydrogen-bond donors (Lipinski definition) is 3. The first-order chi connectivity index (χ1) is 11.8. The molecule has 0 heterocycles. The molecule has 4 N–H and O–H groups in total. The number of rotatable bonds is 7.